The van der Waals surface area contributed by atoms with Crippen LogP contribution in [-0.2, 0) is 0 Å². The zero-order chi connectivity index (χ0) is 16.9. The first-order valence-electron chi connectivity index (χ1n) is 7.86. The Morgan fingerprint density at radius 1 is 1.50 bits per heavy atom. The standard InChI is InChI=1S/C16H18ClN7/c1-11-4-2-3-7-24(11)15-6-5-13(8-14(15)17)19-10-12(9-18)16-20-22-23-21-16/h5-6,8,10-11,19H,2-4,7H2,1H3,(H,20,21,22,23). The Kier molecular flexibility index (Phi) is 4.96. The van der Waals surface area contributed by atoms with Crippen molar-refractivity contribution in [2.75, 3.05) is 16.8 Å². The smallest absolute Gasteiger partial charge is 0.216 e. The summed E-state index contributed by atoms with van der Waals surface area (Å²) in [5.41, 5.74) is 2.13. The van der Waals surface area contributed by atoms with Crippen LogP contribution in [0, 0.1) is 11.3 Å². The highest BCUT2D eigenvalue weighted by Gasteiger charge is 2.20. The number of nitriles is 1. The maximum Gasteiger partial charge on any atom is 0.216 e. The van der Waals surface area contributed by atoms with Crippen LogP contribution in [0.5, 0.6) is 0 Å². The van der Waals surface area contributed by atoms with Gasteiger partial charge in [-0.1, -0.05) is 11.6 Å². The Hall–Kier alpha value is -2.59. The van der Waals surface area contributed by atoms with Crippen LogP contribution < -0.4 is 10.2 Å². The maximum absolute atomic E-state index is 9.16. The Bertz CT molecular complexity index is 763. The summed E-state index contributed by atoms with van der Waals surface area (Å²) < 4.78 is 0. The molecule has 1 saturated heterocycles. The van der Waals surface area contributed by atoms with Gasteiger partial charge in [-0.15, -0.1) is 10.2 Å². The van der Waals surface area contributed by atoms with Crippen LogP contribution in [0.3, 0.4) is 0 Å². The number of benzene rings is 1. The van der Waals surface area contributed by atoms with E-state index in [0.29, 0.717) is 11.1 Å². The molecule has 1 aromatic carbocycles. The van der Waals surface area contributed by atoms with Crippen molar-refractivity contribution in [3.05, 3.63) is 35.2 Å². The first kappa shape index (κ1) is 16.3. The second-order valence-electron chi connectivity index (χ2n) is 5.75. The lowest BCUT2D eigenvalue weighted by atomic mass is 10.0. The van der Waals surface area contributed by atoms with Gasteiger partial charge in [0.1, 0.15) is 11.6 Å². The average molecular weight is 344 g/mol. The minimum absolute atomic E-state index is 0.245. The first-order chi connectivity index (χ1) is 11.7. The van der Waals surface area contributed by atoms with Gasteiger partial charge in [0.15, 0.2) is 0 Å². The van der Waals surface area contributed by atoms with E-state index in [2.05, 4.69) is 37.8 Å². The van der Waals surface area contributed by atoms with Gasteiger partial charge in [-0.3, -0.25) is 0 Å². The molecule has 0 aliphatic carbocycles. The minimum Gasteiger partial charge on any atom is -0.368 e. The second kappa shape index (κ2) is 7.32. The number of piperidine rings is 1. The van der Waals surface area contributed by atoms with Gasteiger partial charge < -0.3 is 10.2 Å². The van der Waals surface area contributed by atoms with Crippen molar-refractivity contribution >= 4 is 28.5 Å². The fourth-order valence-corrected chi connectivity index (χ4v) is 3.15. The number of tetrazole rings is 1. The van der Waals surface area contributed by atoms with Gasteiger partial charge in [0, 0.05) is 24.5 Å². The van der Waals surface area contributed by atoms with Crippen LogP contribution in [0.15, 0.2) is 24.4 Å². The van der Waals surface area contributed by atoms with Crippen molar-refractivity contribution in [3.8, 4) is 6.07 Å². The Morgan fingerprint density at radius 3 is 3.04 bits per heavy atom. The third-order valence-corrected chi connectivity index (χ3v) is 4.45. The molecule has 124 valence electrons. The van der Waals surface area contributed by atoms with E-state index in [1.165, 1.54) is 19.3 Å². The molecular weight excluding hydrogens is 326 g/mol. The van der Waals surface area contributed by atoms with Crippen LogP contribution >= 0.6 is 11.6 Å². The molecule has 0 spiro atoms. The van der Waals surface area contributed by atoms with E-state index < -0.39 is 0 Å². The van der Waals surface area contributed by atoms with Gasteiger partial charge in [-0.05, 0) is 49.6 Å². The molecule has 2 aromatic rings. The number of halogens is 1. The highest BCUT2D eigenvalue weighted by Crippen LogP contribution is 2.33. The van der Waals surface area contributed by atoms with Crippen molar-refractivity contribution in [3.63, 3.8) is 0 Å². The van der Waals surface area contributed by atoms with Crippen molar-refractivity contribution in [2.24, 2.45) is 0 Å². The highest BCUT2D eigenvalue weighted by atomic mass is 35.5. The molecule has 3 rings (SSSR count). The molecule has 1 aromatic heterocycles. The van der Waals surface area contributed by atoms with Gasteiger partial charge in [0.2, 0.25) is 5.82 Å². The van der Waals surface area contributed by atoms with Crippen LogP contribution in [-0.4, -0.2) is 33.2 Å². The lowest BCUT2D eigenvalue weighted by Crippen LogP contribution is -2.37. The lowest BCUT2D eigenvalue weighted by Gasteiger charge is -2.36. The van der Waals surface area contributed by atoms with E-state index in [4.69, 9.17) is 16.9 Å². The molecule has 1 fully saturated rings. The number of rotatable bonds is 4. The van der Waals surface area contributed by atoms with E-state index in [1.807, 2.05) is 24.3 Å². The summed E-state index contributed by atoms with van der Waals surface area (Å²) in [6.07, 6.45) is 5.20. The van der Waals surface area contributed by atoms with E-state index in [1.54, 1.807) is 6.20 Å². The van der Waals surface area contributed by atoms with Crippen LogP contribution in [0.4, 0.5) is 11.4 Å². The monoisotopic (exact) mass is 343 g/mol. The fraction of sp³-hybridized carbons (Fsp3) is 0.375. The van der Waals surface area contributed by atoms with Gasteiger partial charge in [0.25, 0.3) is 0 Å². The van der Waals surface area contributed by atoms with Crippen LogP contribution in [0.1, 0.15) is 32.0 Å². The molecule has 1 aliphatic heterocycles. The molecule has 8 heteroatoms. The summed E-state index contributed by atoms with van der Waals surface area (Å²) in [6, 6.07) is 8.35. The number of anilines is 2. The number of hydrogen-bond acceptors (Lipinski definition) is 6. The molecule has 0 bridgehead atoms. The SMILES string of the molecule is CC1CCCCN1c1ccc(NC=C(C#N)c2nn[nH]n2)cc1Cl. The molecule has 2 heterocycles. The van der Waals surface area contributed by atoms with Gasteiger partial charge in [0.05, 0.1) is 10.7 Å². The molecule has 1 unspecified atom stereocenters. The number of nitrogens with zero attached hydrogens (tertiary/aromatic N) is 5. The lowest BCUT2D eigenvalue weighted by molar-refractivity contribution is 0.485. The average Bonchev–Trinajstić information content (AvgIpc) is 3.11. The number of nitrogens with one attached hydrogen (secondary N) is 2. The van der Waals surface area contributed by atoms with Crippen molar-refractivity contribution < 1.29 is 0 Å². The second-order valence-corrected chi connectivity index (χ2v) is 6.16. The fourth-order valence-electron chi connectivity index (χ4n) is 2.86. The number of aromatic amines is 1. The van der Waals surface area contributed by atoms with E-state index >= 15 is 0 Å². The third kappa shape index (κ3) is 3.49. The molecule has 1 atom stereocenters. The molecule has 7 nitrogen and oxygen atoms in total. The quantitative estimate of drug-likeness (QED) is 0.828. The summed E-state index contributed by atoms with van der Waals surface area (Å²) in [6.45, 7) is 3.26. The first-order valence-corrected chi connectivity index (χ1v) is 8.23. The number of H-pyrrole nitrogens is 1. The van der Waals surface area contributed by atoms with E-state index in [0.717, 1.165) is 17.9 Å². The van der Waals surface area contributed by atoms with Crippen molar-refractivity contribution in [2.45, 2.75) is 32.2 Å². The molecule has 0 saturated carbocycles. The third-order valence-electron chi connectivity index (χ3n) is 4.15. The summed E-state index contributed by atoms with van der Waals surface area (Å²) in [5.74, 6) is 0.245. The molecule has 24 heavy (non-hydrogen) atoms. The zero-order valence-corrected chi connectivity index (χ0v) is 14.1. The molecule has 0 amide bonds. The molecular formula is C16H18ClN7. The Balaban J connectivity index is 1.76. The van der Waals surface area contributed by atoms with E-state index in [9.17, 15) is 0 Å². The van der Waals surface area contributed by atoms with Crippen LogP contribution in [0.25, 0.3) is 5.57 Å². The molecule has 0 radical (unpaired) electrons. The molecule has 1 aliphatic rings. The zero-order valence-electron chi connectivity index (χ0n) is 13.3. The molecule has 2 N–H and O–H groups in total. The summed E-state index contributed by atoms with van der Waals surface area (Å²) in [4.78, 5) is 2.35. The predicted molar refractivity (Wildman–Crippen MR) is 93.5 cm³/mol. The number of hydrogen-bond donors (Lipinski definition) is 2. The largest absolute Gasteiger partial charge is 0.368 e. The normalized spacial score (nSPS) is 18.3. The van der Waals surface area contributed by atoms with Gasteiger partial charge in [-0.25, -0.2) is 0 Å². The predicted octanol–water partition coefficient (Wildman–Crippen LogP) is 3.21. The van der Waals surface area contributed by atoms with Crippen LogP contribution in [0.2, 0.25) is 5.02 Å². The Labute approximate surface area is 145 Å². The highest BCUT2D eigenvalue weighted by molar-refractivity contribution is 6.33. The topological polar surface area (TPSA) is 93.5 Å². The van der Waals surface area contributed by atoms with Gasteiger partial charge >= 0.3 is 0 Å². The summed E-state index contributed by atoms with van der Waals surface area (Å²) in [7, 11) is 0. The Morgan fingerprint density at radius 2 is 2.38 bits per heavy atom. The van der Waals surface area contributed by atoms with E-state index in [-0.39, 0.29) is 11.4 Å². The minimum atomic E-state index is 0.245. The summed E-state index contributed by atoms with van der Waals surface area (Å²) in [5, 5.41) is 26.3. The maximum atomic E-state index is 9.16. The van der Waals surface area contributed by atoms with Gasteiger partial charge in [-0.2, -0.15) is 10.5 Å². The summed E-state index contributed by atoms with van der Waals surface area (Å²) >= 11 is 6.47. The number of allylic oxidation sites excluding steroid dienone is 1. The van der Waals surface area contributed by atoms with Crippen molar-refractivity contribution in [1.82, 2.24) is 20.6 Å². The van der Waals surface area contributed by atoms with Crippen molar-refractivity contribution in [1.29, 1.82) is 5.26 Å². The number of aromatic nitrogens is 4.